The third kappa shape index (κ3) is 5.61. The van der Waals surface area contributed by atoms with E-state index in [0.29, 0.717) is 28.6 Å². The highest BCUT2D eigenvalue weighted by Gasteiger charge is 2.36. The number of esters is 1. The Morgan fingerprint density at radius 3 is 2.26 bits per heavy atom. The van der Waals surface area contributed by atoms with Crippen molar-refractivity contribution in [3.05, 3.63) is 70.8 Å². The van der Waals surface area contributed by atoms with Crippen LogP contribution in [0, 0.1) is 11.3 Å². The van der Waals surface area contributed by atoms with Gasteiger partial charge in [0.05, 0.1) is 32.3 Å². The largest absolute Gasteiger partial charge is 0.493 e. The maximum Gasteiger partial charge on any atom is 0.338 e. The molecule has 1 aliphatic rings. The predicted octanol–water partition coefficient (Wildman–Crippen LogP) is 3.81. The van der Waals surface area contributed by atoms with Gasteiger partial charge in [0.15, 0.2) is 23.0 Å². The Balaban J connectivity index is 1.82. The average molecular weight is 481 g/mol. The smallest absolute Gasteiger partial charge is 0.338 e. The lowest BCUT2D eigenvalue weighted by Gasteiger charge is -2.27. The Bertz CT molecular complexity index is 1180. The highest BCUT2D eigenvalue weighted by atomic mass is 16.6. The monoisotopic (exact) mass is 480 g/mol. The van der Waals surface area contributed by atoms with Crippen molar-refractivity contribution in [3.63, 3.8) is 0 Å². The fraction of sp³-hybridized carbons (Fsp3) is 0.308. The molecule has 184 valence electrons. The third-order valence-electron chi connectivity index (χ3n) is 5.29. The van der Waals surface area contributed by atoms with E-state index >= 15 is 0 Å². The Morgan fingerprint density at radius 2 is 1.66 bits per heavy atom. The molecule has 1 heterocycles. The quantitative estimate of drug-likeness (QED) is 0.399. The number of allylic oxidation sites excluding steroid dienone is 2. The molecule has 0 saturated heterocycles. The molecule has 2 N–H and O–H groups in total. The van der Waals surface area contributed by atoms with E-state index in [1.165, 1.54) is 7.11 Å². The van der Waals surface area contributed by atoms with Gasteiger partial charge in [-0.05, 0) is 43.7 Å². The number of para-hydroxylation sites is 2. The Hall–Kier alpha value is -4.32. The van der Waals surface area contributed by atoms with Gasteiger partial charge in [-0.1, -0.05) is 18.2 Å². The van der Waals surface area contributed by atoms with Crippen LogP contribution in [0.1, 0.15) is 25.3 Å². The van der Waals surface area contributed by atoms with Crippen molar-refractivity contribution in [2.45, 2.75) is 19.8 Å². The SMILES string of the molecule is CCOC(=O)C1=C(C)OC(N)=C(C#N)C1c1ccc(OCCOc2ccccc2OC)c(OC)c1. The Kier molecular flexibility index (Phi) is 8.46. The van der Waals surface area contributed by atoms with Gasteiger partial charge in [0.2, 0.25) is 5.88 Å². The minimum atomic E-state index is -0.773. The number of carbonyl (C=O) groups is 1. The number of carbonyl (C=O) groups excluding carboxylic acids is 1. The zero-order valence-corrected chi connectivity index (χ0v) is 20.1. The first-order valence-corrected chi connectivity index (χ1v) is 11.0. The molecule has 0 bridgehead atoms. The zero-order chi connectivity index (χ0) is 25.4. The lowest BCUT2D eigenvalue weighted by atomic mass is 9.83. The minimum absolute atomic E-state index is 0.0594. The molecule has 35 heavy (non-hydrogen) atoms. The summed E-state index contributed by atoms with van der Waals surface area (Å²) >= 11 is 0. The molecule has 3 rings (SSSR count). The van der Waals surface area contributed by atoms with E-state index in [1.54, 1.807) is 39.2 Å². The average Bonchev–Trinajstić information content (AvgIpc) is 2.86. The summed E-state index contributed by atoms with van der Waals surface area (Å²) in [6.07, 6.45) is 0. The van der Waals surface area contributed by atoms with E-state index in [-0.39, 0.29) is 42.6 Å². The molecule has 9 nitrogen and oxygen atoms in total. The standard InChI is InChI=1S/C26H28N2O7/c1-5-32-26(29)23-16(2)35-25(28)18(15-27)24(23)17-10-11-21(22(14-17)31-4)34-13-12-33-20-9-7-6-8-19(20)30-3/h6-11,14,24H,5,12-13,28H2,1-4H3. The topological polar surface area (TPSA) is 122 Å². The van der Waals surface area contributed by atoms with Crippen LogP contribution in [0.3, 0.4) is 0 Å². The molecule has 1 unspecified atom stereocenters. The van der Waals surface area contributed by atoms with E-state index < -0.39 is 11.9 Å². The number of nitrogens with two attached hydrogens (primary N) is 1. The lowest BCUT2D eigenvalue weighted by molar-refractivity contribution is -0.139. The highest BCUT2D eigenvalue weighted by Crippen LogP contribution is 2.42. The van der Waals surface area contributed by atoms with Crippen LogP contribution in [0.5, 0.6) is 23.0 Å². The van der Waals surface area contributed by atoms with Gasteiger partial charge in [0, 0.05) is 0 Å². The van der Waals surface area contributed by atoms with E-state index in [0.717, 1.165) is 0 Å². The summed E-state index contributed by atoms with van der Waals surface area (Å²) < 4.78 is 33.0. The van der Waals surface area contributed by atoms with Crippen LogP contribution in [0.25, 0.3) is 0 Å². The minimum Gasteiger partial charge on any atom is -0.493 e. The van der Waals surface area contributed by atoms with Gasteiger partial charge < -0.3 is 34.2 Å². The first-order chi connectivity index (χ1) is 16.9. The molecule has 9 heteroatoms. The van der Waals surface area contributed by atoms with Gasteiger partial charge in [-0.25, -0.2) is 4.79 Å². The first kappa shape index (κ1) is 25.3. The molecule has 2 aromatic rings. The summed E-state index contributed by atoms with van der Waals surface area (Å²) in [6.45, 7) is 4.01. The first-order valence-electron chi connectivity index (χ1n) is 11.0. The number of hydrogen-bond acceptors (Lipinski definition) is 9. The molecule has 1 aliphatic heterocycles. The number of rotatable bonds is 10. The number of nitriles is 1. The number of nitrogens with zero attached hydrogens (tertiary/aromatic N) is 1. The second kappa shape index (κ2) is 11.7. The van der Waals surface area contributed by atoms with Crippen molar-refractivity contribution in [3.8, 4) is 29.1 Å². The van der Waals surface area contributed by atoms with Crippen molar-refractivity contribution in [1.29, 1.82) is 5.26 Å². The van der Waals surface area contributed by atoms with E-state index in [4.69, 9.17) is 34.2 Å². The summed E-state index contributed by atoms with van der Waals surface area (Å²) in [5.74, 6) is 1.000. The van der Waals surface area contributed by atoms with Gasteiger partial charge in [0.25, 0.3) is 0 Å². The number of methoxy groups -OCH3 is 2. The van der Waals surface area contributed by atoms with Crippen molar-refractivity contribution in [1.82, 2.24) is 0 Å². The molecule has 2 aromatic carbocycles. The molecular weight excluding hydrogens is 452 g/mol. The van der Waals surface area contributed by atoms with E-state index in [9.17, 15) is 10.1 Å². The molecule has 1 atom stereocenters. The number of hydrogen-bond donors (Lipinski definition) is 1. The van der Waals surface area contributed by atoms with Crippen molar-refractivity contribution in [2.75, 3.05) is 34.0 Å². The molecule has 0 aliphatic carbocycles. The normalized spacial score (nSPS) is 15.1. The van der Waals surface area contributed by atoms with Gasteiger partial charge in [0.1, 0.15) is 30.6 Å². The molecule has 0 fully saturated rings. The van der Waals surface area contributed by atoms with Crippen LogP contribution >= 0.6 is 0 Å². The summed E-state index contributed by atoms with van der Waals surface area (Å²) in [6, 6.07) is 14.5. The second-order valence-corrected chi connectivity index (χ2v) is 7.37. The van der Waals surface area contributed by atoms with Crippen LogP contribution in [-0.4, -0.2) is 40.0 Å². The van der Waals surface area contributed by atoms with E-state index in [2.05, 4.69) is 6.07 Å². The molecule has 0 radical (unpaired) electrons. The number of benzene rings is 2. The second-order valence-electron chi connectivity index (χ2n) is 7.37. The van der Waals surface area contributed by atoms with Crippen LogP contribution in [-0.2, 0) is 14.3 Å². The van der Waals surface area contributed by atoms with E-state index in [1.807, 2.05) is 24.3 Å². The highest BCUT2D eigenvalue weighted by molar-refractivity contribution is 5.92. The van der Waals surface area contributed by atoms with Crippen molar-refractivity contribution < 1.29 is 33.2 Å². The summed E-state index contributed by atoms with van der Waals surface area (Å²) in [5, 5.41) is 9.74. The van der Waals surface area contributed by atoms with Crippen LogP contribution < -0.4 is 24.7 Å². The summed E-state index contributed by atoms with van der Waals surface area (Å²) in [7, 11) is 3.08. The molecule has 0 saturated carbocycles. The fourth-order valence-electron chi connectivity index (χ4n) is 3.71. The van der Waals surface area contributed by atoms with Crippen LogP contribution in [0.4, 0.5) is 0 Å². The lowest BCUT2D eigenvalue weighted by Crippen LogP contribution is -2.25. The van der Waals surface area contributed by atoms with Gasteiger partial charge in [-0.15, -0.1) is 0 Å². The molecule has 0 spiro atoms. The number of ether oxygens (including phenoxy) is 6. The Morgan fingerprint density at radius 1 is 1.03 bits per heavy atom. The maximum absolute atomic E-state index is 12.7. The van der Waals surface area contributed by atoms with Gasteiger partial charge in [-0.2, -0.15) is 5.26 Å². The summed E-state index contributed by atoms with van der Waals surface area (Å²) in [4.78, 5) is 12.7. The third-order valence-corrected chi connectivity index (χ3v) is 5.29. The van der Waals surface area contributed by atoms with Crippen molar-refractivity contribution >= 4 is 5.97 Å². The maximum atomic E-state index is 12.7. The molecule has 0 amide bonds. The molecular formula is C26H28N2O7. The zero-order valence-electron chi connectivity index (χ0n) is 20.1. The predicted molar refractivity (Wildman–Crippen MR) is 127 cm³/mol. The van der Waals surface area contributed by atoms with Gasteiger partial charge in [-0.3, -0.25) is 0 Å². The van der Waals surface area contributed by atoms with Gasteiger partial charge >= 0.3 is 5.97 Å². The van der Waals surface area contributed by atoms with Crippen LogP contribution in [0.15, 0.2) is 65.3 Å². The molecule has 0 aromatic heterocycles. The summed E-state index contributed by atoms with van der Waals surface area (Å²) in [5.41, 5.74) is 6.88. The fourth-order valence-corrected chi connectivity index (χ4v) is 3.71. The van der Waals surface area contributed by atoms with Crippen LogP contribution in [0.2, 0.25) is 0 Å². The van der Waals surface area contributed by atoms with Crippen molar-refractivity contribution in [2.24, 2.45) is 5.73 Å². The Labute approximate surface area is 204 Å².